The lowest BCUT2D eigenvalue weighted by Crippen LogP contribution is -2.25. The molecular formula is C19H19FN2O4S2. The van der Waals surface area contributed by atoms with Gasteiger partial charge in [-0.2, -0.15) is 0 Å². The van der Waals surface area contributed by atoms with E-state index in [1.54, 1.807) is 6.07 Å². The summed E-state index contributed by atoms with van der Waals surface area (Å²) < 4.78 is 38.9. The second-order valence-corrected chi connectivity index (χ2v) is 9.93. The largest absolute Gasteiger partial charge is 0.326 e. The van der Waals surface area contributed by atoms with Gasteiger partial charge in [0.05, 0.1) is 15.8 Å². The number of hydrogen-bond acceptors (Lipinski definition) is 5. The van der Waals surface area contributed by atoms with Crippen LogP contribution in [-0.2, 0) is 19.4 Å². The Bertz CT molecular complexity index is 1020. The van der Waals surface area contributed by atoms with Gasteiger partial charge < -0.3 is 10.6 Å². The van der Waals surface area contributed by atoms with Crippen LogP contribution in [0.1, 0.15) is 19.8 Å². The van der Waals surface area contributed by atoms with Gasteiger partial charge in [-0.25, -0.2) is 12.8 Å². The highest BCUT2D eigenvalue weighted by molar-refractivity contribution is 7.99. The Kier molecular flexibility index (Phi) is 6.04. The summed E-state index contributed by atoms with van der Waals surface area (Å²) in [6.07, 6.45) is 0.0785. The van der Waals surface area contributed by atoms with Crippen molar-refractivity contribution in [1.29, 1.82) is 0 Å². The van der Waals surface area contributed by atoms with Crippen molar-refractivity contribution in [2.75, 3.05) is 16.4 Å². The monoisotopic (exact) mass is 422 g/mol. The number of rotatable bonds is 5. The predicted octanol–water partition coefficient (Wildman–Crippen LogP) is 3.45. The highest BCUT2D eigenvalue weighted by Crippen LogP contribution is 2.33. The fraction of sp³-hybridized carbons (Fsp3) is 0.263. The molecule has 2 N–H and O–H groups in total. The predicted molar refractivity (Wildman–Crippen MR) is 107 cm³/mol. The minimum absolute atomic E-state index is 0.0418. The van der Waals surface area contributed by atoms with Crippen molar-refractivity contribution in [3.8, 4) is 0 Å². The van der Waals surface area contributed by atoms with Gasteiger partial charge in [0.2, 0.25) is 11.8 Å². The van der Waals surface area contributed by atoms with Crippen molar-refractivity contribution in [2.45, 2.75) is 34.8 Å². The number of fused-ring (bicyclic) bond motifs is 1. The molecule has 0 aromatic heterocycles. The Hall–Kier alpha value is -2.39. The summed E-state index contributed by atoms with van der Waals surface area (Å²) in [5.41, 5.74) is 0.726. The molecule has 2 aromatic carbocycles. The number of anilines is 2. The summed E-state index contributed by atoms with van der Waals surface area (Å²) in [7, 11) is -3.79. The van der Waals surface area contributed by atoms with E-state index in [4.69, 9.17) is 0 Å². The molecule has 2 aromatic rings. The van der Waals surface area contributed by atoms with Crippen molar-refractivity contribution in [2.24, 2.45) is 0 Å². The molecule has 0 bridgehead atoms. The number of nitrogens with one attached hydrogen (secondary N) is 2. The number of hydrogen-bond donors (Lipinski definition) is 2. The first-order valence-corrected chi connectivity index (χ1v) is 11.1. The van der Waals surface area contributed by atoms with Crippen molar-refractivity contribution < 1.29 is 22.4 Å². The third-order valence-corrected chi connectivity index (χ3v) is 7.46. The number of amides is 2. The molecule has 3 rings (SSSR count). The second kappa shape index (κ2) is 8.32. The van der Waals surface area contributed by atoms with Crippen molar-refractivity contribution in [1.82, 2.24) is 0 Å². The van der Waals surface area contributed by atoms with Gasteiger partial charge in [-0.15, -0.1) is 11.8 Å². The molecule has 1 aliphatic rings. The Labute approximate surface area is 166 Å². The molecule has 0 unspecified atom stereocenters. The van der Waals surface area contributed by atoms with Gasteiger partial charge >= 0.3 is 0 Å². The van der Waals surface area contributed by atoms with E-state index in [-0.39, 0.29) is 22.9 Å². The van der Waals surface area contributed by atoms with E-state index in [0.717, 1.165) is 11.0 Å². The van der Waals surface area contributed by atoms with Gasteiger partial charge in [-0.3, -0.25) is 9.59 Å². The molecule has 2 amide bonds. The molecule has 1 aliphatic heterocycles. The molecule has 1 heterocycles. The molecule has 0 saturated heterocycles. The third kappa shape index (κ3) is 4.71. The maximum atomic E-state index is 13.2. The average molecular weight is 423 g/mol. The number of halogens is 1. The van der Waals surface area contributed by atoms with Crippen molar-refractivity contribution in [3.05, 3.63) is 48.3 Å². The highest BCUT2D eigenvalue weighted by Gasteiger charge is 2.27. The van der Waals surface area contributed by atoms with E-state index in [1.807, 2.05) is 0 Å². The number of carbonyl (C=O) groups is 2. The zero-order valence-corrected chi connectivity index (χ0v) is 16.7. The van der Waals surface area contributed by atoms with Crippen LogP contribution in [0.5, 0.6) is 0 Å². The molecule has 148 valence electrons. The number of thioether (sulfide) groups is 1. The first kappa shape index (κ1) is 20.3. The average Bonchev–Trinajstić information content (AvgIpc) is 2.81. The minimum atomic E-state index is -3.79. The smallest absolute Gasteiger partial charge is 0.225 e. The SMILES string of the molecule is C[C@@H](CC(=O)Nc1cccc(F)c1)S(=O)(=O)c1ccc2c(c1)NC(=O)CCS2. The van der Waals surface area contributed by atoms with Gasteiger partial charge in [-0.1, -0.05) is 6.07 Å². The summed E-state index contributed by atoms with van der Waals surface area (Å²) >= 11 is 1.48. The van der Waals surface area contributed by atoms with E-state index >= 15 is 0 Å². The molecule has 0 saturated carbocycles. The molecule has 0 radical (unpaired) electrons. The van der Waals surface area contributed by atoms with E-state index in [0.29, 0.717) is 17.9 Å². The first-order valence-electron chi connectivity index (χ1n) is 8.62. The number of carbonyl (C=O) groups excluding carboxylic acids is 2. The Morgan fingerprint density at radius 1 is 1.29 bits per heavy atom. The summed E-state index contributed by atoms with van der Waals surface area (Å²) in [5, 5.41) is 4.22. The molecular weight excluding hydrogens is 403 g/mol. The summed E-state index contributed by atoms with van der Waals surface area (Å²) in [5.74, 6) is -0.561. The van der Waals surface area contributed by atoms with Crippen LogP contribution in [0, 0.1) is 5.82 Å². The second-order valence-electron chi connectivity index (χ2n) is 6.42. The quantitative estimate of drug-likeness (QED) is 0.770. The lowest BCUT2D eigenvalue weighted by Gasteiger charge is -2.15. The topological polar surface area (TPSA) is 92.3 Å². The van der Waals surface area contributed by atoms with Crippen LogP contribution in [-0.4, -0.2) is 31.2 Å². The molecule has 9 heteroatoms. The van der Waals surface area contributed by atoms with E-state index in [9.17, 15) is 22.4 Å². The lowest BCUT2D eigenvalue weighted by atomic mass is 10.2. The Morgan fingerprint density at radius 2 is 2.07 bits per heavy atom. The normalized spacial score (nSPS) is 15.1. The zero-order valence-electron chi connectivity index (χ0n) is 15.1. The van der Waals surface area contributed by atoms with E-state index < -0.39 is 26.8 Å². The molecule has 0 spiro atoms. The Morgan fingerprint density at radius 3 is 2.82 bits per heavy atom. The lowest BCUT2D eigenvalue weighted by molar-refractivity contribution is -0.116. The fourth-order valence-corrected chi connectivity index (χ4v) is 5.07. The van der Waals surface area contributed by atoms with Crippen molar-refractivity contribution in [3.63, 3.8) is 0 Å². The van der Waals surface area contributed by atoms with Crippen LogP contribution in [0.25, 0.3) is 0 Å². The zero-order chi connectivity index (χ0) is 20.3. The summed E-state index contributed by atoms with van der Waals surface area (Å²) in [6.45, 7) is 1.44. The fourth-order valence-electron chi connectivity index (χ4n) is 2.76. The van der Waals surface area contributed by atoms with E-state index in [1.165, 1.54) is 49.0 Å². The van der Waals surface area contributed by atoms with Crippen LogP contribution >= 0.6 is 11.8 Å². The van der Waals surface area contributed by atoms with Gasteiger partial charge in [0, 0.05) is 29.2 Å². The standard InChI is InChI=1S/C19H19FN2O4S2/c1-12(9-19(24)21-14-4-2-3-13(20)10-14)28(25,26)15-5-6-17-16(11-15)22-18(23)7-8-27-17/h2-6,10-12H,7-9H2,1H3,(H,21,24)(H,22,23)/t12-/m0/s1. The third-order valence-electron chi connectivity index (χ3n) is 4.25. The van der Waals surface area contributed by atoms with Crippen molar-refractivity contribution >= 4 is 44.8 Å². The van der Waals surface area contributed by atoms with Gasteiger partial charge in [-0.05, 0) is 43.3 Å². The van der Waals surface area contributed by atoms with Gasteiger partial charge in [0.25, 0.3) is 0 Å². The molecule has 0 aliphatic carbocycles. The van der Waals surface area contributed by atoms with Gasteiger partial charge in [0.1, 0.15) is 5.82 Å². The molecule has 6 nitrogen and oxygen atoms in total. The van der Waals surface area contributed by atoms with Gasteiger partial charge in [0.15, 0.2) is 9.84 Å². The number of benzene rings is 2. The minimum Gasteiger partial charge on any atom is -0.326 e. The molecule has 1 atom stereocenters. The maximum absolute atomic E-state index is 13.2. The number of sulfone groups is 1. The highest BCUT2D eigenvalue weighted by atomic mass is 32.2. The summed E-state index contributed by atoms with van der Waals surface area (Å²) in [4.78, 5) is 24.8. The first-order chi connectivity index (χ1) is 13.3. The van der Waals surface area contributed by atoms with Crippen LogP contribution < -0.4 is 10.6 Å². The van der Waals surface area contributed by atoms with E-state index in [2.05, 4.69) is 10.6 Å². The van der Waals surface area contributed by atoms with Crippen LogP contribution in [0.2, 0.25) is 0 Å². The van der Waals surface area contributed by atoms with Crippen LogP contribution in [0.3, 0.4) is 0 Å². The van der Waals surface area contributed by atoms with Crippen LogP contribution in [0.4, 0.5) is 15.8 Å². The maximum Gasteiger partial charge on any atom is 0.225 e. The molecule has 0 fully saturated rings. The summed E-state index contributed by atoms with van der Waals surface area (Å²) in [6, 6.07) is 9.96. The van der Waals surface area contributed by atoms with Crippen LogP contribution in [0.15, 0.2) is 52.3 Å². The molecule has 28 heavy (non-hydrogen) atoms. The Balaban J connectivity index is 1.74.